The lowest BCUT2D eigenvalue weighted by atomic mass is 10.3. The minimum atomic E-state index is -0.823. The summed E-state index contributed by atoms with van der Waals surface area (Å²) in [5.41, 5.74) is 5.45. The molecule has 7 nitrogen and oxygen atoms in total. The van der Waals surface area contributed by atoms with Crippen molar-refractivity contribution in [3.8, 4) is 0 Å². The molecular formula is C11H15N3O4S. The molecule has 19 heavy (non-hydrogen) atoms. The van der Waals surface area contributed by atoms with Crippen LogP contribution in [0.2, 0.25) is 0 Å². The van der Waals surface area contributed by atoms with Crippen LogP contribution in [-0.4, -0.2) is 58.8 Å². The van der Waals surface area contributed by atoms with Gasteiger partial charge < -0.3 is 21.3 Å². The van der Waals surface area contributed by atoms with E-state index in [1.54, 1.807) is 16.3 Å². The van der Waals surface area contributed by atoms with Crippen LogP contribution in [0.1, 0.15) is 10.4 Å². The molecular weight excluding hydrogens is 270 g/mol. The highest BCUT2D eigenvalue weighted by atomic mass is 32.1. The minimum absolute atomic E-state index is 0.0459. The molecule has 1 aliphatic rings. The summed E-state index contributed by atoms with van der Waals surface area (Å²) in [7, 11) is 0. The molecule has 1 fully saturated rings. The van der Waals surface area contributed by atoms with E-state index < -0.39 is 18.1 Å². The molecule has 1 saturated heterocycles. The van der Waals surface area contributed by atoms with Crippen molar-refractivity contribution in [3.05, 3.63) is 17.0 Å². The predicted molar refractivity (Wildman–Crippen MR) is 69.9 cm³/mol. The maximum absolute atomic E-state index is 11.8. The zero-order valence-electron chi connectivity index (χ0n) is 10.1. The minimum Gasteiger partial charge on any atom is -0.389 e. The van der Waals surface area contributed by atoms with Crippen LogP contribution in [0.15, 0.2) is 11.4 Å². The molecule has 5 N–H and O–H groups in total. The lowest BCUT2D eigenvalue weighted by Crippen LogP contribution is -2.32. The fraction of sp³-hybridized carbons (Fsp3) is 0.455. The summed E-state index contributed by atoms with van der Waals surface area (Å²) in [6.45, 7) is 0.549. The molecule has 8 heteroatoms. The maximum atomic E-state index is 11.8. The fourth-order valence-corrected chi connectivity index (χ4v) is 2.75. The van der Waals surface area contributed by atoms with Crippen molar-refractivity contribution in [2.45, 2.75) is 12.2 Å². The molecule has 2 atom stereocenters. The van der Waals surface area contributed by atoms with Crippen LogP contribution >= 0.6 is 11.3 Å². The largest absolute Gasteiger partial charge is 0.389 e. The molecule has 0 aromatic carbocycles. The smallest absolute Gasteiger partial charge is 0.251 e. The standard InChI is InChI=1S/C11H15N3O4S/c12-10(18)6-1-2-19-11(6)13-9(17)5-14-3-7(15)8(16)4-14/h1-2,7-8,15-16H,3-5H2,(H2,12,18)(H,13,17). The van der Waals surface area contributed by atoms with E-state index in [9.17, 15) is 19.8 Å². The van der Waals surface area contributed by atoms with Crippen molar-refractivity contribution in [2.24, 2.45) is 5.73 Å². The van der Waals surface area contributed by atoms with Gasteiger partial charge in [-0.1, -0.05) is 0 Å². The van der Waals surface area contributed by atoms with Gasteiger partial charge in [0.15, 0.2) is 0 Å². The molecule has 104 valence electrons. The average molecular weight is 285 g/mol. The van der Waals surface area contributed by atoms with E-state index in [-0.39, 0.29) is 31.1 Å². The second-order valence-electron chi connectivity index (χ2n) is 4.40. The number of anilines is 1. The Balaban J connectivity index is 1.91. The first-order valence-electron chi connectivity index (χ1n) is 5.73. The van der Waals surface area contributed by atoms with E-state index in [1.165, 1.54) is 11.3 Å². The van der Waals surface area contributed by atoms with Gasteiger partial charge in [0.05, 0.1) is 24.3 Å². The Hall–Kier alpha value is -1.48. The predicted octanol–water partition coefficient (Wildman–Crippen LogP) is -1.18. The van der Waals surface area contributed by atoms with Crippen LogP contribution in [-0.2, 0) is 4.79 Å². The van der Waals surface area contributed by atoms with Gasteiger partial charge in [-0.05, 0) is 11.4 Å². The SMILES string of the molecule is NC(=O)c1ccsc1NC(=O)CN1CC(O)C(O)C1. The average Bonchev–Trinajstić information content (AvgIpc) is 2.87. The van der Waals surface area contributed by atoms with Gasteiger partial charge in [0, 0.05) is 13.1 Å². The zero-order valence-corrected chi connectivity index (χ0v) is 10.9. The number of likely N-dealkylation sites (tertiary alicyclic amines) is 1. The van der Waals surface area contributed by atoms with E-state index in [2.05, 4.69) is 5.32 Å². The number of aliphatic hydroxyl groups excluding tert-OH is 2. The van der Waals surface area contributed by atoms with Crippen molar-refractivity contribution in [1.82, 2.24) is 4.90 Å². The highest BCUT2D eigenvalue weighted by Gasteiger charge is 2.30. The summed E-state index contributed by atoms with van der Waals surface area (Å²) in [5, 5.41) is 23.4. The van der Waals surface area contributed by atoms with Gasteiger partial charge in [0.25, 0.3) is 5.91 Å². The van der Waals surface area contributed by atoms with Crippen molar-refractivity contribution >= 4 is 28.2 Å². The highest BCUT2D eigenvalue weighted by molar-refractivity contribution is 7.14. The van der Waals surface area contributed by atoms with Gasteiger partial charge in [0.2, 0.25) is 5.91 Å². The number of nitrogens with zero attached hydrogens (tertiary/aromatic N) is 1. The van der Waals surface area contributed by atoms with Gasteiger partial charge in [-0.15, -0.1) is 11.3 Å². The molecule has 1 aromatic heterocycles. The van der Waals surface area contributed by atoms with Gasteiger partial charge >= 0.3 is 0 Å². The van der Waals surface area contributed by atoms with Gasteiger partial charge in [-0.2, -0.15) is 0 Å². The van der Waals surface area contributed by atoms with E-state index in [4.69, 9.17) is 5.73 Å². The molecule has 0 spiro atoms. The second-order valence-corrected chi connectivity index (χ2v) is 5.32. The van der Waals surface area contributed by atoms with E-state index in [0.29, 0.717) is 5.00 Å². The third-order valence-corrected chi connectivity index (χ3v) is 3.72. The molecule has 0 saturated carbocycles. The number of aliphatic hydroxyl groups is 2. The molecule has 0 aliphatic carbocycles. The van der Waals surface area contributed by atoms with Gasteiger partial charge in [-0.25, -0.2) is 0 Å². The van der Waals surface area contributed by atoms with Gasteiger partial charge in [-0.3, -0.25) is 14.5 Å². The van der Waals surface area contributed by atoms with Crippen LogP contribution in [0.25, 0.3) is 0 Å². The highest BCUT2D eigenvalue weighted by Crippen LogP contribution is 2.22. The van der Waals surface area contributed by atoms with E-state index >= 15 is 0 Å². The number of nitrogens with two attached hydrogens (primary N) is 1. The fourth-order valence-electron chi connectivity index (χ4n) is 1.95. The van der Waals surface area contributed by atoms with E-state index in [0.717, 1.165) is 0 Å². The lowest BCUT2D eigenvalue weighted by molar-refractivity contribution is -0.117. The number of rotatable bonds is 4. The molecule has 2 amide bonds. The molecule has 1 aromatic rings. The van der Waals surface area contributed by atoms with Crippen molar-refractivity contribution < 1.29 is 19.8 Å². The number of β-amino-alcohol motifs (C(OH)–C–C–N with tert-alkyl or cyclic N) is 2. The summed E-state index contributed by atoms with van der Waals surface area (Å²) in [6, 6.07) is 1.55. The number of hydrogen-bond donors (Lipinski definition) is 4. The van der Waals surface area contributed by atoms with Gasteiger partial charge in [0.1, 0.15) is 5.00 Å². The maximum Gasteiger partial charge on any atom is 0.251 e. The Kier molecular flexibility index (Phi) is 4.15. The van der Waals surface area contributed by atoms with Crippen LogP contribution < -0.4 is 11.1 Å². The van der Waals surface area contributed by atoms with Crippen LogP contribution in [0.5, 0.6) is 0 Å². The van der Waals surface area contributed by atoms with E-state index in [1.807, 2.05) is 0 Å². The second kappa shape index (κ2) is 5.66. The Bertz CT molecular complexity index is 480. The number of nitrogens with one attached hydrogen (secondary N) is 1. The summed E-state index contributed by atoms with van der Waals surface area (Å²) in [5.74, 6) is -0.908. The first-order chi connectivity index (χ1) is 8.97. The Morgan fingerprint density at radius 1 is 1.42 bits per heavy atom. The van der Waals surface area contributed by atoms with Crippen molar-refractivity contribution in [1.29, 1.82) is 0 Å². The van der Waals surface area contributed by atoms with Crippen LogP contribution in [0, 0.1) is 0 Å². The molecule has 2 rings (SSSR count). The quantitative estimate of drug-likeness (QED) is 0.556. The molecule has 2 unspecified atom stereocenters. The number of amides is 2. The summed E-state index contributed by atoms with van der Waals surface area (Å²) < 4.78 is 0. The van der Waals surface area contributed by atoms with Crippen LogP contribution in [0.4, 0.5) is 5.00 Å². The summed E-state index contributed by atoms with van der Waals surface area (Å²) in [6.07, 6.45) is -1.65. The number of primary amides is 1. The van der Waals surface area contributed by atoms with Crippen molar-refractivity contribution in [2.75, 3.05) is 25.0 Å². The first-order valence-corrected chi connectivity index (χ1v) is 6.61. The Morgan fingerprint density at radius 3 is 2.63 bits per heavy atom. The molecule has 2 heterocycles. The van der Waals surface area contributed by atoms with Crippen LogP contribution in [0.3, 0.4) is 0 Å². The number of carbonyl (C=O) groups is 2. The van der Waals surface area contributed by atoms with Crippen molar-refractivity contribution in [3.63, 3.8) is 0 Å². The molecule has 1 aliphatic heterocycles. The Labute approximate surface area is 113 Å². The third kappa shape index (κ3) is 3.29. The first kappa shape index (κ1) is 13.9. The number of carbonyl (C=O) groups excluding carboxylic acids is 2. The molecule has 0 bridgehead atoms. The zero-order chi connectivity index (χ0) is 14.0. The number of hydrogen-bond acceptors (Lipinski definition) is 6. The topological polar surface area (TPSA) is 116 Å². The molecule has 0 radical (unpaired) electrons. The summed E-state index contributed by atoms with van der Waals surface area (Å²) >= 11 is 1.22. The third-order valence-electron chi connectivity index (χ3n) is 2.89. The summed E-state index contributed by atoms with van der Waals surface area (Å²) in [4.78, 5) is 24.5. The Morgan fingerprint density at radius 2 is 2.05 bits per heavy atom. The lowest BCUT2D eigenvalue weighted by Gasteiger charge is -2.13. The monoisotopic (exact) mass is 285 g/mol. The number of thiophene rings is 1. The normalized spacial score (nSPS) is 23.5.